The average Bonchev–Trinajstić information content (AvgIpc) is 2.90. The topological polar surface area (TPSA) is 75.7 Å². The molecule has 0 atom stereocenters. The van der Waals surface area contributed by atoms with E-state index in [1.54, 1.807) is 30.9 Å². The summed E-state index contributed by atoms with van der Waals surface area (Å²) in [7, 11) is -2.11. The van der Waals surface area contributed by atoms with Crippen LogP contribution in [0.25, 0.3) is 0 Å². The number of anilines is 1. The van der Waals surface area contributed by atoms with Crippen LogP contribution in [0.5, 0.6) is 5.75 Å². The Morgan fingerprint density at radius 1 is 0.833 bits per heavy atom. The molecule has 0 aromatic heterocycles. The number of hydrogen-bond acceptors (Lipinski definition) is 5. The molecule has 0 aliphatic rings. The van der Waals surface area contributed by atoms with Crippen LogP contribution in [-0.2, 0) is 21.4 Å². The van der Waals surface area contributed by atoms with Crippen LogP contribution in [0.3, 0.4) is 0 Å². The number of nitrogens with one attached hydrogen (secondary N) is 1. The highest BCUT2D eigenvalue weighted by molar-refractivity contribution is 7.99. The summed E-state index contributed by atoms with van der Waals surface area (Å²) >= 11 is 1.56. The van der Waals surface area contributed by atoms with Crippen molar-refractivity contribution in [2.75, 3.05) is 19.0 Å². The highest BCUT2D eigenvalue weighted by Gasteiger charge is 2.21. The lowest BCUT2D eigenvalue weighted by atomic mass is 10.2. The molecule has 0 radical (unpaired) electrons. The van der Waals surface area contributed by atoms with Gasteiger partial charge in [-0.3, -0.25) is 4.79 Å². The number of amides is 1. The Kier molecular flexibility index (Phi) is 8.43. The number of nitrogens with zero attached hydrogens (tertiary/aromatic N) is 1. The number of benzene rings is 4. The van der Waals surface area contributed by atoms with Gasteiger partial charge in [-0.15, -0.1) is 0 Å². The number of para-hydroxylation sites is 1. The van der Waals surface area contributed by atoms with E-state index >= 15 is 0 Å². The summed E-state index contributed by atoms with van der Waals surface area (Å²) < 4.78 is 32.7. The van der Waals surface area contributed by atoms with Gasteiger partial charge >= 0.3 is 0 Å². The smallest absolute Gasteiger partial charge is 0.262 e. The fourth-order valence-electron chi connectivity index (χ4n) is 3.42. The summed E-state index contributed by atoms with van der Waals surface area (Å²) in [5, 5.41) is 2.89. The third-order valence-electron chi connectivity index (χ3n) is 5.28. The maximum atomic E-state index is 12.9. The van der Waals surface area contributed by atoms with E-state index in [4.69, 9.17) is 4.74 Å². The molecule has 1 amide bonds. The molecule has 0 unspecified atom stereocenters. The number of sulfonamides is 1. The molecule has 0 heterocycles. The van der Waals surface area contributed by atoms with Gasteiger partial charge in [0, 0.05) is 23.4 Å². The molecule has 36 heavy (non-hydrogen) atoms. The highest BCUT2D eigenvalue weighted by atomic mass is 32.2. The van der Waals surface area contributed by atoms with Crippen LogP contribution in [-0.4, -0.2) is 32.3 Å². The normalized spacial score (nSPS) is 11.3. The fraction of sp³-hybridized carbons (Fsp3) is 0.107. The van der Waals surface area contributed by atoms with Crippen LogP contribution in [0.2, 0.25) is 0 Å². The predicted molar refractivity (Wildman–Crippen MR) is 143 cm³/mol. The van der Waals surface area contributed by atoms with Crippen molar-refractivity contribution in [3.63, 3.8) is 0 Å². The molecule has 4 aromatic rings. The zero-order valence-corrected chi connectivity index (χ0v) is 21.3. The molecule has 4 aromatic carbocycles. The Balaban J connectivity index is 1.34. The minimum Gasteiger partial charge on any atom is -0.484 e. The summed E-state index contributed by atoms with van der Waals surface area (Å²) in [6, 6.07) is 32.9. The lowest BCUT2D eigenvalue weighted by molar-refractivity contribution is -0.118. The molecule has 4 rings (SSSR count). The van der Waals surface area contributed by atoms with Gasteiger partial charge in [-0.1, -0.05) is 72.4 Å². The number of carbonyl (C=O) groups excluding carboxylic acids is 1. The quantitative estimate of drug-likeness (QED) is 0.293. The molecule has 1 N–H and O–H groups in total. The molecular weight excluding hydrogens is 492 g/mol. The molecule has 184 valence electrons. The minimum absolute atomic E-state index is 0.157. The Labute approximate surface area is 216 Å². The zero-order chi connectivity index (χ0) is 25.4. The Bertz CT molecular complexity index is 1390. The van der Waals surface area contributed by atoms with Crippen molar-refractivity contribution in [1.82, 2.24) is 4.31 Å². The molecule has 8 heteroatoms. The summed E-state index contributed by atoms with van der Waals surface area (Å²) in [6.45, 7) is 0.0654. The molecule has 0 aliphatic heterocycles. The molecule has 0 fully saturated rings. The summed E-state index contributed by atoms with van der Waals surface area (Å²) in [6.07, 6.45) is 0. The van der Waals surface area contributed by atoms with E-state index in [-0.39, 0.29) is 24.0 Å². The van der Waals surface area contributed by atoms with E-state index < -0.39 is 10.0 Å². The second-order valence-electron chi connectivity index (χ2n) is 7.97. The Morgan fingerprint density at radius 2 is 1.44 bits per heavy atom. The van der Waals surface area contributed by atoms with Gasteiger partial charge in [-0.05, 0) is 54.1 Å². The summed E-state index contributed by atoms with van der Waals surface area (Å²) in [5.41, 5.74) is 1.60. The second-order valence-corrected chi connectivity index (χ2v) is 11.1. The second kappa shape index (κ2) is 11.9. The average molecular weight is 519 g/mol. The van der Waals surface area contributed by atoms with Gasteiger partial charge in [-0.2, -0.15) is 4.31 Å². The van der Waals surface area contributed by atoms with Crippen molar-refractivity contribution in [3.05, 3.63) is 115 Å². The largest absolute Gasteiger partial charge is 0.484 e. The van der Waals surface area contributed by atoms with Gasteiger partial charge in [0.15, 0.2) is 6.61 Å². The van der Waals surface area contributed by atoms with Gasteiger partial charge < -0.3 is 10.1 Å². The standard InChI is InChI=1S/C28H26N2O4S2/c1-30(20-22-10-4-2-5-11-22)36(32,33)25-18-16-23(17-19-25)34-21-28(31)29-26-14-8-9-15-27(26)35-24-12-6-3-7-13-24/h2-19H,20-21H2,1H3,(H,29,31). The first kappa shape index (κ1) is 25.5. The Morgan fingerprint density at radius 3 is 2.14 bits per heavy atom. The SMILES string of the molecule is CN(Cc1ccccc1)S(=O)(=O)c1ccc(OCC(=O)Nc2ccccc2Sc2ccccc2)cc1. The van der Waals surface area contributed by atoms with Crippen molar-refractivity contribution in [1.29, 1.82) is 0 Å². The molecule has 0 saturated heterocycles. The zero-order valence-electron chi connectivity index (χ0n) is 19.7. The van der Waals surface area contributed by atoms with Crippen LogP contribution in [0.1, 0.15) is 5.56 Å². The van der Waals surface area contributed by atoms with Gasteiger partial charge in [0.25, 0.3) is 5.91 Å². The van der Waals surface area contributed by atoms with Gasteiger partial charge in [0.1, 0.15) is 5.75 Å². The lowest BCUT2D eigenvalue weighted by Crippen LogP contribution is -2.26. The lowest BCUT2D eigenvalue weighted by Gasteiger charge is -2.17. The molecule has 6 nitrogen and oxygen atoms in total. The third kappa shape index (κ3) is 6.75. The van der Waals surface area contributed by atoms with E-state index in [9.17, 15) is 13.2 Å². The van der Waals surface area contributed by atoms with Crippen molar-refractivity contribution in [2.45, 2.75) is 21.2 Å². The van der Waals surface area contributed by atoms with E-state index in [0.717, 1.165) is 15.4 Å². The molecular formula is C28H26N2O4S2. The monoisotopic (exact) mass is 518 g/mol. The van der Waals surface area contributed by atoms with Crippen LogP contribution in [0, 0.1) is 0 Å². The number of hydrogen-bond donors (Lipinski definition) is 1. The first-order chi connectivity index (χ1) is 17.4. The van der Waals surface area contributed by atoms with Gasteiger partial charge in [-0.25, -0.2) is 8.42 Å². The molecule has 0 saturated carbocycles. The maximum Gasteiger partial charge on any atom is 0.262 e. The van der Waals surface area contributed by atoms with Crippen LogP contribution in [0.15, 0.2) is 124 Å². The number of carbonyl (C=O) groups is 1. The highest BCUT2D eigenvalue weighted by Crippen LogP contribution is 2.33. The molecule has 0 bridgehead atoms. The minimum atomic E-state index is -3.66. The van der Waals surface area contributed by atoms with Crippen molar-refractivity contribution in [2.24, 2.45) is 0 Å². The Hall–Kier alpha value is -3.59. The van der Waals surface area contributed by atoms with Crippen LogP contribution in [0.4, 0.5) is 5.69 Å². The predicted octanol–water partition coefficient (Wildman–Crippen LogP) is 5.68. The first-order valence-corrected chi connectivity index (χ1v) is 13.5. The number of rotatable bonds is 10. The third-order valence-corrected chi connectivity index (χ3v) is 8.18. The van der Waals surface area contributed by atoms with Crippen LogP contribution >= 0.6 is 11.8 Å². The van der Waals surface area contributed by atoms with Crippen molar-refractivity contribution >= 4 is 33.4 Å². The maximum absolute atomic E-state index is 12.9. The molecule has 0 spiro atoms. The van der Waals surface area contributed by atoms with Gasteiger partial charge in [0.05, 0.1) is 10.6 Å². The van der Waals surface area contributed by atoms with Crippen molar-refractivity contribution < 1.29 is 17.9 Å². The van der Waals surface area contributed by atoms with Gasteiger partial charge in [0.2, 0.25) is 10.0 Å². The fourth-order valence-corrected chi connectivity index (χ4v) is 5.50. The van der Waals surface area contributed by atoms with E-state index in [0.29, 0.717) is 11.4 Å². The molecule has 0 aliphatic carbocycles. The first-order valence-electron chi connectivity index (χ1n) is 11.3. The number of ether oxygens (including phenoxy) is 1. The van der Waals surface area contributed by atoms with Crippen LogP contribution < -0.4 is 10.1 Å². The summed E-state index contributed by atoms with van der Waals surface area (Å²) in [4.78, 5) is 14.7. The van der Waals surface area contributed by atoms with Crippen molar-refractivity contribution in [3.8, 4) is 5.75 Å². The van der Waals surface area contributed by atoms with E-state index in [2.05, 4.69) is 5.32 Å². The van der Waals surface area contributed by atoms with E-state index in [1.165, 1.54) is 16.4 Å². The van der Waals surface area contributed by atoms with E-state index in [1.807, 2.05) is 84.9 Å². The summed E-state index contributed by atoms with van der Waals surface area (Å²) in [5.74, 6) is 0.0946.